The van der Waals surface area contributed by atoms with Crippen LogP contribution < -0.4 is 4.90 Å². The standard InChI is InChI=1S/C19H12Cl2N2O2S/c20-13-5-1-4-12(10-13)18(24)23(11-14-6-3-9-25-14)19-22-17-15(21)7-2-8-16(17)26-19/h1-10H,11H2. The smallest absolute Gasteiger partial charge is 0.260 e. The monoisotopic (exact) mass is 402 g/mol. The van der Waals surface area contributed by atoms with Crippen molar-refractivity contribution < 1.29 is 9.21 Å². The first-order chi connectivity index (χ1) is 12.6. The molecule has 130 valence electrons. The lowest BCUT2D eigenvalue weighted by Crippen LogP contribution is -2.30. The van der Waals surface area contributed by atoms with Gasteiger partial charge in [0, 0.05) is 10.6 Å². The van der Waals surface area contributed by atoms with Crippen molar-refractivity contribution in [2.45, 2.75) is 6.54 Å². The third-order valence-electron chi connectivity index (χ3n) is 3.80. The van der Waals surface area contributed by atoms with Crippen LogP contribution in [0.15, 0.2) is 65.3 Å². The van der Waals surface area contributed by atoms with Gasteiger partial charge in [-0.3, -0.25) is 9.69 Å². The molecule has 2 aromatic heterocycles. The van der Waals surface area contributed by atoms with E-state index in [0.29, 0.717) is 32.0 Å². The molecule has 1 amide bonds. The number of hydrogen-bond acceptors (Lipinski definition) is 4. The molecule has 0 unspecified atom stereocenters. The minimum Gasteiger partial charge on any atom is -0.467 e. The van der Waals surface area contributed by atoms with Crippen LogP contribution in [-0.4, -0.2) is 10.9 Å². The zero-order valence-electron chi connectivity index (χ0n) is 13.4. The lowest BCUT2D eigenvalue weighted by atomic mass is 10.2. The minimum absolute atomic E-state index is 0.209. The van der Waals surface area contributed by atoms with Crippen LogP contribution in [0.25, 0.3) is 10.2 Å². The van der Waals surface area contributed by atoms with Crippen LogP contribution in [0.5, 0.6) is 0 Å². The van der Waals surface area contributed by atoms with Crippen LogP contribution >= 0.6 is 34.5 Å². The number of rotatable bonds is 4. The molecular formula is C19H12Cl2N2O2S. The number of para-hydroxylation sites is 1. The number of benzene rings is 2. The fraction of sp³-hybridized carbons (Fsp3) is 0.0526. The predicted octanol–water partition coefficient (Wildman–Crippen LogP) is 6.04. The number of hydrogen-bond donors (Lipinski definition) is 0. The van der Waals surface area contributed by atoms with Crippen LogP contribution in [-0.2, 0) is 6.54 Å². The topological polar surface area (TPSA) is 46.3 Å². The molecule has 0 bridgehead atoms. The second kappa shape index (κ2) is 7.11. The summed E-state index contributed by atoms with van der Waals surface area (Å²) in [5, 5.41) is 1.61. The highest BCUT2D eigenvalue weighted by atomic mass is 35.5. The number of carbonyl (C=O) groups excluding carboxylic acids is 1. The zero-order valence-corrected chi connectivity index (χ0v) is 15.7. The summed E-state index contributed by atoms with van der Waals surface area (Å²) >= 11 is 13.7. The Labute approximate surface area is 163 Å². The van der Waals surface area contributed by atoms with Crippen LogP contribution in [0.4, 0.5) is 5.13 Å². The van der Waals surface area contributed by atoms with Gasteiger partial charge < -0.3 is 4.42 Å². The maximum absolute atomic E-state index is 13.1. The highest BCUT2D eigenvalue weighted by Gasteiger charge is 2.23. The third kappa shape index (κ3) is 3.33. The summed E-state index contributed by atoms with van der Waals surface area (Å²) in [6, 6.07) is 16.0. The maximum atomic E-state index is 13.1. The van der Waals surface area contributed by atoms with E-state index in [2.05, 4.69) is 4.98 Å². The van der Waals surface area contributed by atoms with E-state index in [4.69, 9.17) is 27.6 Å². The van der Waals surface area contributed by atoms with Gasteiger partial charge >= 0.3 is 0 Å². The maximum Gasteiger partial charge on any atom is 0.260 e. The van der Waals surface area contributed by atoms with Crippen LogP contribution in [0.2, 0.25) is 10.0 Å². The van der Waals surface area contributed by atoms with Gasteiger partial charge in [-0.05, 0) is 42.5 Å². The van der Waals surface area contributed by atoms with E-state index in [9.17, 15) is 4.79 Å². The van der Waals surface area contributed by atoms with Crippen molar-refractivity contribution in [3.63, 3.8) is 0 Å². The summed E-state index contributed by atoms with van der Waals surface area (Å²) in [5.41, 5.74) is 1.16. The van der Waals surface area contributed by atoms with E-state index in [-0.39, 0.29) is 12.5 Å². The van der Waals surface area contributed by atoms with Gasteiger partial charge in [-0.25, -0.2) is 4.98 Å². The Kier molecular flexibility index (Phi) is 4.68. The predicted molar refractivity (Wildman–Crippen MR) is 105 cm³/mol. The molecule has 0 saturated heterocycles. The highest BCUT2D eigenvalue weighted by Crippen LogP contribution is 2.34. The largest absolute Gasteiger partial charge is 0.467 e. The fourth-order valence-electron chi connectivity index (χ4n) is 2.58. The molecule has 2 aromatic carbocycles. The molecule has 0 radical (unpaired) electrons. The number of aromatic nitrogens is 1. The van der Waals surface area contributed by atoms with E-state index in [0.717, 1.165) is 4.70 Å². The summed E-state index contributed by atoms with van der Waals surface area (Å²) in [6.07, 6.45) is 1.58. The number of halogens is 2. The number of fused-ring (bicyclic) bond motifs is 1. The van der Waals surface area contributed by atoms with Crippen LogP contribution in [0, 0.1) is 0 Å². The fourth-order valence-corrected chi connectivity index (χ4v) is 4.03. The van der Waals surface area contributed by atoms with E-state index in [1.165, 1.54) is 11.3 Å². The summed E-state index contributed by atoms with van der Waals surface area (Å²) < 4.78 is 6.34. The molecule has 0 spiro atoms. The van der Waals surface area contributed by atoms with Crippen molar-refractivity contribution in [3.8, 4) is 0 Å². The summed E-state index contributed by atoms with van der Waals surface area (Å²) in [7, 11) is 0. The minimum atomic E-state index is -0.209. The van der Waals surface area contributed by atoms with Gasteiger partial charge in [0.25, 0.3) is 5.91 Å². The average molecular weight is 403 g/mol. The molecule has 0 aliphatic rings. The van der Waals surface area contributed by atoms with Crippen molar-refractivity contribution >= 4 is 55.8 Å². The Morgan fingerprint density at radius 3 is 2.69 bits per heavy atom. The number of carbonyl (C=O) groups is 1. The Hall–Kier alpha value is -2.34. The molecule has 4 nitrogen and oxygen atoms in total. The Balaban J connectivity index is 1.79. The quantitative estimate of drug-likeness (QED) is 0.417. The molecule has 0 aliphatic carbocycles. The second-order valence-corrected chi connectivity index (χ2v) is 7.42. The first-order valence-electron chi connectivity index (χ1n) is 7.77. The summed E-state index contributed by atoms with van der Waals surface area (Å²) in [6.45, 7) is 0.260. The van der Waals surface area contributed by atoms with Gasteiger partial charge in [0.1, 0.15) is 11.3 Å². The molecule has 26 heavy (non-hydrogen) atoms. The summed E-state index contributed by atoms with van der Waals surface area (Å²) in [4.78, 5) is 19.3. The van der Waals surface area contributed by atoms with Crippen molar-refractivity contribution in [1.82, 2.24) is 4.98 Å². The molecule has 7 heteroatoms. The molecule has 2 heterocycles. The van der Waals surface area contributed by atoms with Gasteiger partial charge in [-0.1, -0.05) is 46.7 Å². The molecule has 0 N–H and O–H groups in total. The van der Waals surface area contributed by atoms with Gasteiger partial charge in [0.05, 0.1) is 22.5 Å². The van der Waals surface area contributed by atoms with Crippen molar-refractivity contribution in [2.75, 3.05) is 4.90 Å². The summed E-state index contributed by atoms with van der Waals surface area (Å²) in [5.74, 6) is 0.449. The van der Waals surface area contributed by atoms with Gasteiger partial charge in [0.2, 0.25) is 0 Å². The van der Waals surface area contributed by atoms with Crippen LogP contribution in [0.3, 0.4) is 0 Å². The molecule has 0 saturated carbocycles. The number of thiazole rings is 1. The van der Waals surface area contributed by atoms with Crippen molar-refractivity contribution in [2.24, 2.45) is 0 Å². The lowest BCUT2D eigenvalue weighted by molar-refractivity contribution is 0.0983. The zero-order chi connectivity index (χ0) is 18.1. The van der Waals surface area contributed by atoms with Crippen molar-refractivity contribution in [1.29, 1.82) is 0 Å². The number of nitrogens with zero attached hydrogens (tertiary/aromatic N) is 2. The first-order valence-corrected chi connectivity index (χ1v) is 9.34. The number of furan rings is 1. The Morgan fingerprint density at radius 2 is 1.96 bits per heavy atom. The highest BCUT2D eigenvalue weighted by molar-refractivity contribution is 7.22. The van der Waals surface area contributed by atoms with E-state index in [1.54, 1.807) is 47.6 Å². The average Bonchev–Trinajstić information content (AvgIpc) is 3.29. The van der Waals surface area contributed by atoms with Crippen molar-refractivity contribution in [3.05, 3.63) is 82.2 Å². The SMILES string of the molecule is O=C(c1cccc(Cl)c1)N(Cc1ccco1)c1nc2c(Cl)cccc2s1. The van der Waals surface area contributed by atoms with Crippen LogP contribution in [0.1, 0.15) is 16.1 Å². The van der Waals surface area contributed by atoms with Gasteiger partial charge in [0.15, 0.2) is 5.13 Å². The number of amides is 1. The molecule has 0 aliphatic heterocycles. The second-order valence-electron chi connectivity index (χ2n) is 5.56. The Bertz CT molecular complexity index is 1080. The molecule has 4 rings (SSSR count). The lowest BCUT2D eigenvalue weighted by Gasteiger charge is -2.18. The van der Waals surface area contributed by atoms with E-state index >= 15 is 0 Å². The van der Waals surface area contributed by atoms with Gasteiger partial charge in [-0.2, -0.15) is 0 Å². The van der Waals surface area contributed by atoms with E-state index in [1.807, 2.05) is 18.2 Å². The normalized spacial score (nSPS) is 11.0. The Morgan fingerprint density at radius 1 is 1.12 bits per heavy atom. The third-order valence-corrected chi connectivity index (χ3v) is 5.38. The molecular weight excluding hydrogens is 391 g/mol. The first kappa shape index (κ1) is 17.1. The van der Waals surface area contributed by atoms with E-state index < -0.39 is 0 Å². The molecule has 0 fully saturated rings. The molecule has 0 atom stereocenters. The van der Waals surface area contributed by atoms with Gasteiger partial charge in [-0.15, -0.1) is 0 Å². The number of anilines is 1. The molecule has 4 aromatic rings.